The molecule has 8 nitrogen and oxygen atoms in total. The number of aromatic amines is 1. The van der Waals surface area contributed by atoms with Crippen LogP contribution in [0.2, 0.25) is 0 Å². The van der Waals surface area contributed by atoms with Gasteiger partial charge in [0.2, 0.25) is 5.91 Å². The van der Waals surface area contributed by atoms with E-state index in [9.17, 15) is 4.79 Å². The first-order valence-electron chi connectivity index (χ1n) is 11.4. The molecule has 0 spiro atoms. The number of amides is 1. The van der Waals surface area contributed by atoms with Crippen LogP contribution in [0.1, 0.15) is 22.6 Å². The molecule has 1 amide bonds. The predicted molar refractivity (Wildman–Crippen MR) is 139 cm³/mol. The third-order valence-corrected chi connectivity index (χ3v) is 8.14. The number of benzene rings is 1. The lowest BCUT2D eigenvalue weighted by molar-refractivity contribution is -0.116. The van der Waals surface area contributed by atoms with Crippen molar-refractivity contribution in [2.75, 3.05) is 38.7 Å². The first kappa shape index (κ1) is 23.1. The van der Waals surface area contributed by atoms with Gasteiger partial charge in [-0.15, -0.1) is 22.7 Å². The number of H-pyrrole nitrogens is 1. The Labute approximate surface area is 206 Å². The summed E-state index contributed by atoms with van der Waals surface area (Å²) in [7, 11) is 1.67. The van der Waals surface area contributed by atoms with Gasteiger partial charge in [-0.25, -0.2) is 4.98 Å². The monoisotopic (exact) mass is 496 g/mol. The number of ether oxygens (including phenoxy) is 1. The number of hydrogen-bond donors (Lipinski definition) is 4. The Morgan fingerprint density at radius 2 is 2.18 bits per heavy atom. The van der Waals surface area contributed by atoms with Crippen molar-refractivity contribution in [2.45, 2.75) is 26.3 Å². The number of rotatable bonds is 9. The van der Waals surface area contributed by atoms with Crippen molar-refractivity contribution in [2.24, 2.45) is 0 Å². The van der Waals surface area contributed by atoms with Crippen LogP contribution in [0.15, 0.2) is 24.4 Å². The second-order valence-corrected chi connectivity index (χ2v) is 10.4. The van der Waals surface area contributed by atoms with Crippen LogP contribution in [0.3, 0.4) is 0 Å². The maximum atomic E-state index is 12.7. The molecule has 10 heteroatoms. The third kappa shape index (κ3) is 4.77. The molecule has 0 aliphatic carbocycles. The fourth-order valence-corrected chi connectivity index (χ4v) is 6.51. The second-order valence-electron chi connectivity index (χ2n) is 8.29. The van der Waals surface area contributed by atoms with Crippen LogP contribution in [0.5, 0.6) is 0 Å². The zero-order valence-corrected chi connectivity index (χ0v) is 20.9. The van der Waals surface area contributed by atoms with E-state index in [4.69, 9.17) is 9.72 Å². The molecule has 4 heterocycles. The molecule has 1 aliphatic heterocycles. The van der Waals surface area contributed by atoms with Gasteiger partial charge < -0.3 is 20.7 Å². The summed E-state index contributed by atoms with van der Waals surface area (Å²) in [5, 5.41) is 18.9. The molecule has 0 unspecified atom stereocenters. The number of thiophene rings is 1. The molecular weight excluding hydrogens is 468 g/mol. The van der Waals surface area contributed by atoms with E-state index in [1.165, 1.54) is 10.4 Å². The molecule has 178 valence electrons. The van der Waals surface area contributed by atoms with Gasteiger partial charge in [-0.1, -0.05) is 6.07 Å². The maximum Gasteiger partial charge on any atom is 0.226 e. The molecule has 4 aromatic rings. The third-order valence-electron chi connectivity index (χ3n) is 5.94. The summed E-state index contributed by atoms with van der Waals surface area (Å²) in [6.45, 7) is 5.77. The van der Waals surface area contributed by atoms with E-state index in [1.54, 1.807) is 29.8 Å². The minimum atomic E-state index is 0.0107. The summed E-state index contributed by atoms with van der Waals surface area (Å²) >= 11 is 3.35. The minimum absolute atomic E-state index is 0.0107. The number of methoxy groups -OCH3 is 1. The van der Waals surface area contributed by atoms with Gasteiger partial charge in [0, 0.05) is 54.9 Å². The number of fused-ring (bicyclic) bond motifs is 2. The molecule has 34 heavy (non-hydrogen) atoms. The Morgan fingerprint density at radius 1 is 1.26 bits per heavy atom. The Hall–Kier alpha value is -2.63. The van der Waals surface area contributed by atoms with Crippen LogP contribution < -0.4 is 16.0 Å². The van der Waals surface area contributed by atoms with Crippen molar-refractivity contribution in [1.29, 1.82) is 0 Å². The highest BCUT2D eigenvalue weighted by Crippen LogP contribution is 2.45. The number of thiazole rings is 1. The van der Waals surface area contributed by atoms with Crippen LogP contribution >= 0.6 is 22.7 Å². The van der Waals surface area contributed by atoms with Crippen molar-refractivity contribution < 1.29 is 9.53 Å². The number of nitrogens with one attached hydrogen (secondary N) is 4. The molecule has 0 fully saturated rings. The van der Waals surface area contributed by atoms with Crippen molar-refractivity contribution in [3.05, 3.63) is 40.5 Å². The summed E-state index contributed by atoms with van der Waals surface area (Å²) in [5.74, 6) is 0.0107. The molecule has 0 radical (unpaired) electrons. The number of carbonyl (C=O) groups excluding carboxylic acids is 1. The number of hydrogen-bond acceptors (Lipinski definition) is 8. The van der Waals surface area contributed by atoms with Gasteiger partial charge in [0.15, 0.2) is 0 Å². The Kier molecular flexibility index (Phi) is 7.02. The van der Waals surface area contributed by atoms with E-state index in [-0.39, 0.29) is 5.91 Å². The fraction of sp³-hybridized carbons (Fsp3) is 0.375. The minimum Gasteiger partial charge on any atom is -0.383 e. The van der Waals surface area contributed by atoms with Gasteiger partial charge in [0.25, 0.3) is 0 Å². The van der Waals surface area contributed by atoms with Gasteiger partial charge in [-0.05, 0) is 43.1 Å². The van der Waals surface area contributed by atoms with E-state index >= 15 is 0 Å². The second kappa shape index (κ2) is 10.3. The number of anilines is 1. The molecule has 1 aliphatic rings. The smallest absolute Gasteiger partial charge is 0.226 e. The average Bonchev–Trinajstić information content (AvgIpc) is 3.54. The van der Waals surface area contributed by atoms with Crippen LogP contribution in [-0.4, -0.2) is 54.4 Å². The summed E-state index contributed by atoms with van der Waals surface area (Å²) in [4.78, 5) is 19.0. The van der Waals surface area contributed by atoms with Crippen molar-refractivity contribution in [3.8, 4) is 21.7 Å². The first-order chi connectivity index (χ1) is 16.6. The molecule has 0 saturated heterocycles. The molecule has 0 saturated carbocycles. The lowest BCUT2D eigenvalue weighted by Crippen LogP contribution is -2.24. The van der Waals surface area contributed by atoms with Crippen molar-refractivity contribution in [3.63, 3.8) is 0 Å². The molecule has 0 bridgehead atoms. The van der Waals surface area contributed by atoms with E-state index < -0.39 is 0 Å². The van der Waals surface area contributed by atoms with Gasteiger partial charge in [-0.2, -0.15) is 5.10 Å². The lowest BCUT2D eigenvalue weighted by atomic mass is 10.0. The SMILES string of the molecule is COCCNCCC(=O)Nc1sc2c(c1-c1nc3cc(-c4cn[nH]c4C)ccc3s1)CCNC2. The van der Waals surface area contributed by atoms with E-state index in [0.29, 0.717) is 19.6 Å². The Bertz CT molecular complexity index is 1310. The molecule has 3 aromatic heterocycles. The summed E-state index contributed by atoms with van der Waals surface area (Å²) in [6, 6.07) is 6.37. The Morgan fingerprint density at radius 3 is 3.00 bits per heavy atom. The van der Waals surface area contributed by atoms with Gasteiger partial charge >= 0.3 is 0 Å². The zero-order valence-electron chi connectivity index (χ0n) is 19.3. The quantitative estimate of drug-likeness (QED) is 0.262. The topological polar surface area (TPSA) is 104 Å². The van der Waals surface area contributed by atoms with Gasteiger partial charge in [0.05, 0.1) is 23.0 Å². The zero-order chi connectivity index (χ0) is 23.5. The molecule has 5 rings (SSSR count). The van der Waals surface area contributed by atoms with E-state index in [1.807, 2.05) is 13.1 Å². The van der Waals surface area contributed by atoms with E-state index in [0.717, 1.165) is 68.7 Å². The normalized spacial score (nSPS) is 13.4. The molecule has 4 N–H and O–H groups in total. The van der Waals surface area contributed by atoms with Crippen LogP contribution in [0, 0.1) is 6.92 Å². The van der Waals surface area contributed by atoms with Crippen molar-refractivity contribution in [1.82, 2.24) is 25.8 Å². The molecule has 1 aromatic carbocycles. The average molecular weight is 497 g/mol. The highest BCUT2D eigenvalue weighted by molar-refractivity contribution is 7.23. The fourth-order valence-electron chi connectivity index (χ4n) is 4.18. The number of aryl methyl sites for hydroxylation is 1. The van der Waals surface area contributed by atoms with Crippen LogP contribution in [0.25, 0.3) is 31.9 Å². The lowest BCUT2D eigenvalue weighted by Gasteiger charge is -2.13. The summed E-state index contributed by atoms with van der Waals surface area (Å²) < 4.78 is 6.17. The highest BCUT2D eigenvalue weighted by Gasteiger charge is 2.25. The van der Waals surface area contributed by atoms with Gasteiger partial charge in [-0.3, -0.25) is 9.89 Å². The maximum absolute atomic E-state index is 12.7. The predicted octanol–water partition coefficient (Wildman–Crippen LogP) is 3.93. The van der Waals surface area contributed by atoms with E-state index in [2.05, 4.69) is 44.3 Å². The first-order valence-corrected chi connectivity index (χ1v) is 13.0. The van der Waals surface area contributed by atoms with Gasteiger partial charge in [0.1, 0.15) is 10.0 Å². The summed E-state index contributed by atoms with van der Waals surface area (Å²) in [5.41, 5.74) is 6.58. The number of nitrogens with zero attached hydrogens (tertiary/aromatic N) is 2. The Balaban J connectivity index is 1.43. The molecule has 0 atom stereocenters. The van der Waals surface area contributed by atoms with Crippen LogP contribution in [-0.2, 0) is 22.5 Å². The molecular formula is C24H28N6O2S2. The van der Waals surface area contributed by atoms with Crippen LogP contribution in [0.4, 0.5) is 5.00 Å². The number of carbonyl (C=O) groups is 1. The standard InChI is InChI=1S/C24H28N6O2S2/c1-14-17(12-27-30-14)15-3-4-19-18(11-15)28-23(33-19)22-16-5-7-26-13-20(16)34-24(22)29-21(31)6-8-25-9-10-32-2/h3-4,11-12,25-26H,5-10,13H2,1-2H3,(H,27,30)(H,29,31). The largest absolute Gasteiger partial charge is 0.383 e. The summed E-state index contributed by atoms with van der Waals surface area (Å²) in [6.07, 6.45) is 3.20. The number of aromatic nitrogens is 3. The highest BCUT2D eigenvalue weighted by atomic mass is 32.1. The van der Waals surface area contributed by atoms with Crippen molar-refractivity contribution >= 4 is 43.8 Å².